The van der Waals surface area contributed by atoms with Crippen LogP contribution in [0.2, 0.25) is 0 Å². The van der Waals surface area contributed by atoms with Crippen LogP contribution in [0.25, 0.3) is 10.4 Å². The summed E-state index contributed by atoms with van der Waals surface area (Å²) in [5.41, 5.74) is 7.94. The average Bonchev–Trinajstić information content (AvgIpc) is 2.16. The number of hydrogen-bond acceptors (Lipinski definition) is 5. The number of azide groups is 1. The summed E-state index contributed by atoms with van der Waals surface area (Å²) in [6, 6.07) is 0. The summed E-state index contributed by atoms with van der Waals surface area (Å²) in [4.78, 5) is 2.49. The second-order valence-corrected chi connectivity index (χ2v) is 4.46. The van der Waals surface area contributed by atoms with Crippen molar-refractivity contribution in [3.63, 3.8) is 0 Å². The molecule has 0 spiro atoms. The van der Waals surface area contributed by atoms with Gasteiger partial charge in [0, 0.05) is 25.0 Å². The highest BCUT2D eigenvalue weighted by atomic mass is 32.2. The number of nitrogens with zero attached hydrogens (tertiary/aromatic N) is 4. The van der Waals surface area contributed by atoms with E-state index in [4.69, 9.17) is 14.8 Å². The fourth-order valence-electron chi connectivity index (χ4n) is 0.813. The van der Waals surface area contributed by atoms with Gasteiger partial charge in [-0.25, -0.2) is 0 Å². The van der Waals surface area contributed by atoms with Gasteiger partial charge >= 0.3 is 10.3 Å². The molecule has 0 radical (unpaired) electrons. The lowest BCUT2D eigenvalue weighted by Gasteiger charge is -2.17. The standard InChI is InChI=1S/C6H14N4O5S/c1-10(16(12,13)14)4-6(11)5-15-3-2-8-9-7/h6,11H,2-5H2,1H3,(H,12,13,14). The van der Waals surface area contributed by atoms with Crippen molar-refractivity contribution in [2.75, 3.05) is 33.4 Å². The lowest BCUT2D eigenvalue weighted by Crippen LogP contribution is -2.36. The minimum atomic E-state index is -4.29. The molecule has 1 unspecified atom stereocenters. The van der Waals surface area contributed by atoms with E-state index in [1.807, 2.05) is 0 Å². The number of rotatable bonds is 8. The molecule has 10 heteroatoms. The lowest BCUT2D eigenvalue weighted by molar-refractivity contribution is 0.0323. The summed E-state index contributed by atoms with van der Waals surface area (Å²) < 4.78 is 35.2. The van der Waals surface area contributed by atoms with Crippen molar-refractivity contribution in [1.29, 1.82) is 0 Å². The Morgan fingerprint density at radius 3 is 2.75 bits per heavy atom. The molecule has 0 aliphatic rings. The molecule has 0 heterocycles. The van der Waals surface area contributed by atoms with Gasteiger partial charge in [0.25, 0.3) is 0 Å². The Balaban J connectivity index is 3.74. The van der Waals surface area contributed by atoms with E-state index in [0.29, 0.717) is 4.31 Å². The Bertz CT molecular complexity index is 339. The molecule has 0 aromatic carbocycles. The fourth-order valence-corrected chi connectivity index (χ4v) is 1.17. The Morgan fingerprint density at radius 1 is 1.62 bits per heavy atom. The van der Waals surface area contributed by atoms with Crippen molar-refractivity contribution in [2.24, 2.45) is 5.11 Å². The molecule has 0 aromatic heterocycles. The summed E-state index contributed by atoms with van der Waals surface area (Å²) in [5.74, 6) is 0. The molecule has 9 nitrogen and oxygen atoms in total. The molecule has 94 valence electrons. The highest BCUT2D eigenvalue weighted by Gasteiger charge is 2.17. The van der Waals surface area contributed by atoms with Gasteiger partial charge in [-0.05, 0) is 5.53 Å². The number of ether oxygens (including phenoxy) is 1. The van der Waals surface area contributed by atoms with Gasteiger partial charge in [0.2, 0.25) is 0 Å². The van der Waals surface area contributed by atoms with E-state index in [1.165, 1.54) is 0 Å². The molecule has 0 aliphatic heterocycles. The van der Waals surface area contributed by atoms with Crippen molar-refractivity contribution in [3.8, 4) is 0 Å². The molecule has 0 amide bonds. The zero-order valence-electron chi connectivity index (χ0n) is 8.72. The van der Waals surface area contributed by atoms with Crippen LogP contribution in [0.15, 0.2) is 5.11 Å². The van der Waals surface area contributed by atoms with Gasteiger partial charge in [-0.2, -0.15) is 12.7 Å². The maximum absolute atomic E-state index is 10.6. The van der Waals surface area contributed by atoms with Gasteiger partial charge in [-0.3, -0.25) is 4.55 Å². The van der Waals surface area contributed by atoms with Crippen LogP contribution < -0.4 is 0 Å². The SMILES string of the molecule is CN(CC(O)COCCN=[N+]=[N-])S(=O)(=O)O. The third-order valence-corrected chi connectivity index (χ3v) is 2.51. The number of hydrogen-bond donors (Lipinski definition) is 2. The maximum Gasteiger partial charge on any atom is 0.335 e. The molecule has 0 rings (SSSR count). The first-order valence-corrected chi connectivity index (χ1v) is 5.73. The number of likely N-dealkylation sites (N-methyl/N-ethyl adjacent to an activating group) is 1. The third-order valence-electron chi connectivity index (χ3n) is 1.57. The van der Waals surface area contributed by atoms with Crippen LogP contribution in [-0.4, -0.2) is 61.8 Å². The van der Waals surface area contributed by atoms with Crippen LogP contribution in [0, 0.1) is 0 Å². The summed E-state index contributed by atoms with van der Waals surface area (Å²) in [6.07, 6.45) is -1.06. The predicted molar refractivity (Wildman–Crippen MR) is 55.0 cm³/mol. The zero-order chi connectivity index (χ0) is 12.6. The Labute approximate surface area is 93.1 Å². The maximum atomic E-state index is 10.6. The normalized spacial score (nSPS) is 13.5. The van der Waals surface area contributed by atoms with E-state index >= 15 is 0 Å². The van der Waals surface area contributed by atoms with Gasteiger partial charge < -0.3 is 9.84 Å². The fraction of sp³-hybridized carbons (Fsp3) is 1.00. The minimum absolute atomic E-state index is 0.110. The highest BCUT2D eigenvalue weighted by molar-refractivity contribution is 7.83. The van der Waals surface area contributed by atoms with Gasteiger partial charge in [-0.15, -0.1) is 0 Å². The van der Waals surface area contributed by atoms with Gasteiger partial charge in [0.1, 0.15) is 0 Å². The van der Waals surface area contributed by atoms with Crippen LogP contribution in [0.1, 0.15) is 0 Å². The van der Waals surface area contributed by atoms with Crippen LogP contribution in [0.5, 0.6) is 0 Å². The molecular weight excluding hydrogens is 240 g/mol. The number of aliphatic hydroxyl groups is 1. The Morgan fingerprint density at radius 2 is 2.25 bits per heavy atom. The molecule has 0 saturated carbocycles. The molecular formula is C6H14N4O5S. The molecule has 1 atom stereocenters. The first kappa shape index (κ1) is 15.1. The van der Waals surface area contributed by atoms with Crippen molar-refractivity contribution in [2.45, 2.75) is 6.10 Å². The monoisotopic (exact) mass is 254 g/mol. The van der Waals surface area contributed by atoms with Crippen LogP contribution in [-0.2, 0) is 15.0 Å². The molecule has 0 saturated heterocycles. The molecule has 0 bridgehead atoms. The highest BCUT2D eigenvalue weighted by Crippen LogP contribution is 1.96. The van der Waals surface area contributed by atoms with E-state index in [-0.39, 0.29) is 26.3 Å². The van der Waals surface area contributed by atoms with Gasteiger partial charge in [0.15, 0.2) is 0 Å². The van der Waals surface area contributed by atoms with Crippen LogP contribution >= 0.6 is 0 Å². The third kappa shape index (κ3) is 7.40. The second kappa shape index (κ2) is 7.39. The van der Waals surface area contributed by atoms with E-state index < -0.39 is 16.4 Å². The first-order valence-electron chi connectivity index (χ1n) is 4.33. The van der Waals surface area contributed by atoms with Crippen molar-refractivity contribution < 1.29 is 22.8 Å². The van der Waals surface area contributed by atoms with E-state index in [1.54, 1.807) is 0 Å². The number of aliphatic hydroxyl groups excluding tert-OH is 1. The summed E-state index contributed by atoms with van der Waals surface area (Å²) in [7, 11) is -3.16. The molecule has 2 N–H and O–H groups in total. The van der Waals surface area contributed by atoms with Gasteiger partial charge in [0.05, 0.1) is 19.3 Å². The average molecular weight is 254 g/mol. The first-order chi connectivity index (χ1) is 7.38. The summed E-state index contributed by atoms with van der Waals surface area (Å²) in [5, 5.41) is 12.5. The lowest BCUT2D eigenvalue weighted by atomic mass is 10.4. The predicted octanol–water partition coefficient (Wildman–Crippen LogP) is -0.591. The minimum Gasteiger partial charge on any atom is -0.389 e. The Hall–Kier alpha value is -0.900. The Kier molecular flexibility index (Phi) is 6.97. The largest absolute Gasteiger partial charge is 0.389 e. The van der Waals surface area contributed by atoms with Crippen LogP contribution in [0.4, 0.5) is 0 Å². The van der Waals surface area contributed by atoms with Crippen molar-refractivity contribution >= 4 is 10.3 Å². The topological polar surface area (TPSA) is 136 Å². The zero-order valence-corrected chi connectivity index (χ0v) is 9.54. The van der Waals surface area contributed by atoms with Crippen LogP contribution in [0.3, 0.4) is 0 Å². The summed E-state index contributed by atoms with van der Waals surface area (Å²) >= 11 is 0. The quantitative estimate of drug-likeness (QED) is 0.196. The smallest absolute Gasteiger partial charge is 0.335 e. The molecule has 16 heavy (non-hydrogen) atoms. The van der Waals surface area contributed by atoms with Crippen molar-refractivity contribution in [1.82, 2.24) is 4.31 Å². The van der Waals surface area contributed by atoms with E-state index in [0.717, 1.165) is 7.05 Å². The summed E-state index contributed by atoms with van der Waals surface area (Å²) in [6.45, 7) is -0.116. The van der Waals surface area contributed by atoms with E-state index in [9.17, 15) is 13.5 Å². The van der Waals surface area contributed by atoms with E-state index in [2.05, 4.69) is 10.0 Å². The molecule has 0 aliphatic carbocycles. The second-order valence-electron chi connectivity index (χ2n) is 2.94. The van der Waals surface area contributed by atoms with Crippen molar-refractivity contribution in [3.05, 3.63) is 10.4 Å². The molecule has 0 fully saturated rings. The molecule has 0 aromatic rings. The van der Waals surface area contributed by atoms with Gasteiger partial charge in [-0.1, -0.05) is 5.11 Å².